The van der Waals surface area contributed by atoms with Gasteiger partial charge in [0.1, 0.15) is 12.4 Å². The van der Waals surface area contributed by atoms with Crippen LogP contribution >= 0.6 is 0 Å². The first-order valence-electron chi connectivity index (χ1n) is 14.7. The highest BCUT2D eigenvalue weighted by Crippen LogP contribution is 2.21. The number of nitrogens with zero attached hydrogens (tertiary/aromatic N) is 1. The number of hydrogen-bond acceptors (Lipinski definition) is 6. The van der Waals surface area contributed by atoms with Crippen LogP contribution in [0.1, 0.15) is 51.7 Å². The van der Waals surface area contributed by atoms with Gasteiger partial charge < -0.3 is 30.7 Å². The van der Waals surface area contributed by atoms with E-state index in [-0.39, 0.29) is 30.3 Å². The molecule has 2 amide bonds. The molecule has 0 spiro atoms. The third-order valence-electron chi connectivity index (χ3n) is 7.99. The van der Waals surface area contributed by atoms with Crippen LogP contribution in [0.2, 0.25) is 0 Å². The zero-order valence-electron chi connectivity index (χ0n) is 24.7. The van der Waals surface area contributed by atoms with E-state index in [1.165, 1.54) is 0 Å². The molecule has 2 aromatic rings. The number of aliphatic hydroxyl groups excluding tert-OH is 1. The minimum Gasteiger partial charge on any atom is -0.492 e. The van der Waals surface area contributed by atoms with Gasteiger partial charge >= 0.3 is 0 Å². The van der Waals surface area contributed by atoms with Gasteiger partial charge in [-0.3, -0.25) is 9.59 Å². The van der Waals surface area contributed by atoms with Gasteiger partial charge in [0.15, 0.2) is 0 Å². The highest BCUT2D eigenvalue weighted by Gasteiger charge is 2.33. The molecule has 0 bridgehead atoms. The zero-order chi connectivity index (χ0) is 29.1. The molecule has 220 valence electrons. The van der Waals surface area contributed by atoms with Gasteiger partial charge in [0.05, 0.1) is 24.2 Å². The molecule has 1 aliphatic rings. The van der Waals surface area contributed by atoms with Crippen molar-refractivity contribution in [3.63, 3.8) is 0 Å². The summed E-state index contributed by atoms with van der Waals surface area (Å²) in [4.78, 5) is 28.9. The number of aryl methyl sites for hydroxylation is 1. The summed E-state index contributed by atoms with van der Waals surface area (Å²) in [6, 6.07) is 16.4. The lowest BCUT2D eigenvalue weighted by molar-refractivity contribution is -0.137. The van der Waals surface area contributed by atoms with Crippen LogP contribution in [0, 0.1) is 5.92 Å². The van der Waals surface area contributed by atoms with Crippen LogP contribution in [0.25, 0.3) is 0 Å². The Bertz CT molecular complexity index is 1060. The molecule has 2 aromatic carbocycles. The first kappa shape index (κ1) is 31.6. The highest BCUT2D eigenvalue weighted by molar-refractivity contribution is 5.83. The Balaban J connectivity index is 1.90. The zero-order valence-corrected chi connectivity index (χ0v) is 24.7. The van der Waals surface area contributed by atoms with Crippen LogP contribution in [-0.2, 0) is 22.4 Å². The molecule has 1 heterocycles. The lowest BCUT2D eigenvalue weighted by atomic mass is 9.96. The van der Waals surface area contributed by atoms with E-state index in [1.807, 2.05) is 55.5 Å². The Morgan fingerprint density at radius 1 is 1.05 bits per heavy atom. The average Bonchev–Trinajstić information content (AvgIpc) is 2.95. The first-order valence-corrected chi connectivity index (χ1v) is 14.7. The number of carbonyl (C=O) groups is 2. The topological polar surface area (TPSA) is 103 Å². The van der Waals surface area contributed by atoms with E-state index in [1.54, 1.807) is 18.9 Å². The summed E-state index contributed by atoms with van der Waals surface area (Å²) in [5.74, 6) is 0.736. The van der Waals surface area contributed by atoms with Crippen LogP contribution in [-0.4, -0.2) is 78.8 Å². The molecule has 40 heavy (non-hydrogen) atoms. The Morgan fingerprint density at radius 3 is 2.45 bits per heavy atom. The van der Waals surface area contributed by atoms with Crippen molar-refractivity contribution in [3.05, 3.63) is 65.7 Å². The van der Waals surface area contributed by atoms with E-state index < -0.39 is 24.2 Å². The van der Waals surface area contributed by atoms with E-state index in [0.29, 0.717) is 19.6 Å². The lowest BCUT2D eigenvalue weighted by Crippen LogP contribution is -2.58. The minimum atomic E-state index is -0.788. The van der Waals surface area contributed by atoms with Crippen LogP contribution < -0.4 is 20.7 Å². The molecule has 6 unspecified atom stereocenters. The molecule has 0 aliphatic carbocycles. The second-order valence-corrected chi connectivity index (χ2v) is 11.1. The second kappa shape index (κ2) is 15.7. The summed E-state index contributed by atoms with van der Waals surface area (Å²) < 4.78 is 6.13. The van der Waals surface area contributed by atoms with Gasteiger partial charge in [-0.2, -0.15) is 0 Å². The Morgan fingerprint density at radius 2 is 1.75 bits per heavy atom. The van der Waals surface area contributed by atoms with Crippen LogP contribution in [0.15, 0.2) is 54.6 Å². The fourth-order valence-corrected chi connectivity index (χ4v) is 5.17. The van der Waals surface area contributed by atoms with Crippen molar-refractivity contribution >= 4 is 11.8 Å². The van der Waals surface area contributed by atoms with Gasteiger partial charge in [-0.15, -0.1) is 0 Å². The molecule has 0 aromatic heterocycles. The summed E-state index contributed by atoms with van der Waals surface area (Å²) in [5.41, 5.74) is 2.13. The molecule has 0 saturated carbocycles. The largest absolute Gasteiger partial charge is 0.492 e. The number of amides is 2. The molecule has 8 heteroatoms. The van der Waals surface area contributed by atoms with Crippen LogP contribution in [0.5, 0.6) is 5.75 Å². The molecule has 8 nitrogen and oxygen atoms in total. The molecular formula is C32H48N4O4. The Kier molecular flexibility index (Phi) is 12.4. The number of likely N-dealkylation sites (N-methyl/N-ethyl adjacent to an activating group) is 1. The molecule has 0 saturated heterocycles. The molecule has 1 aliphatic heterocycles. The monoisotopic (exact) mass is 552 g/mol. The number of fused-ring (bicyclic) bond motifs is 1. The van der Waals surface area contributed by atoms with Crippen molar-refractivity contribution < 1.29 is 19.4 Å². The molecular weight excluding hydrogens is 504 g/mol. The average molecular weight is 553 g/mol. The smallest absolute Gasteiger partial charge is 0.240 e. The van der Waals surface area contributed by atoms with Crippen molar-refractivity contribution in [2.24, 2.45) is 5.92 Å². The Hall–Kier alpha value is -2.94. The van der Waals surface area contributed by atoms with E-state index >= 15 is 0 Å². The van der Waals surface area contributed by atoms with Crippen molar-refractivity contribution in [2.45, 2.75) is 83.6 Å². The predicted molar refractivity (Wildman–Crippen MR) is 159 cm³/mol. The summed E-state index contributed by atoms with van der Waals surface area (Å²) in [6.07, 6.45) is 2.08. The fraction of sp³-hybridized carbons (Fsp3) is 0.562. The van der Waals surface area contributed by atoms with Gasteiger partial charge in [-0.05, 0) is 56.2 Å². The van der Waals surface area contributed by atoms with Gasteiger partial charge in [-0.1, -0.05) is 68.8 Å². The van der Waals surface area contributed by atoms with E-state index in [2.05, 4.69) is 35.9 Å². The van der Waals surface area contributed by atoms with Crippen molar-refractivity contribution in [3.8, 4) is 5.75 Å². The number of para-hydroxylation sites is 1. The van der Waals surface area contributed by atoms with E-state index in [4.69, 9.17) is 4.74 Å². The van der Waals surface area contributed by atoms with Gasteiger partial charge in [0.25, 0.3) is 0 Å². The maximum atomic E-state index is 13.7. The molecule has 4 N–H and O–H groups in total. The minimum absolute atomic E-state index is 0.0470. The number of rotatable bonds is 5. The molecule has 6 atom stereocenters. The van der Waals surface area contributed by atoms with Gasteiger partial charge in [-0.25, -0.2) is 0 Å². The van der Waals surface area contributed by atoms with Crippen molar-refractivity contribution in [1.82, 2.24) is 20.9 Å². The maximum Gasteiger partial charge on any atom is 0.240 e. The number of carbonyl (C=O) groups excluding carboxylic acids is 2. The predicted octanol–water partition coefficient (Wildman–Crippen LogP) is 2.93. The lowest BCUT2D eigenvalue weighted by Gasteiger charge is -2.36. The van der Waals surface area contributed by atoms with Crippen molar-refractivity contribution in [2.75, 3.05) is 26.7 Å². The number of benzene rings is 2. The van der Waals surface area contributed by atoms with Crippen LogP contribution in [0.3, 0.4) is 0 Å². The molecule has 0 radical (unpaired) electrons. The SMILES string of the molecule is CCC(C)C1NCCOc2ccccc2CCC(C)NC(=O)C(Cc2ccccc2)NCC(C(C)O)N(C)C1=O. The highest BCUT2D eigenvalue weighted by atomic mass is 16.5. The van der Waals surface area contributed by atoms with Crippen molar-refractivity contribution in [1.29, 1.82) is 0 Å². The second-order valence-electron chi connectivity index (χ2n) is 11.1. The van der Waals surface area contributed by atoms with Gasteiger partial charge in [0.2, 0.25) is 11.8 Å². The maximum absolute atomic E-state index is 13.7. The normalized spacial score (nSPS) is 25.5. The third kappa shape index (κ3) is 9.04. The van der Waals surface area contributed by atoms with Crippen LogP contribution in [0.4, 0.5) is 0 Å². The summed E-state index contributed by atoms with van der Waals surface area (Å²) >= 11 is 0. The molecule has 0 fully saturated rings. The van der Waals surface area contributed by atoms with Gasteiger partial charge in [0, 0.05) is 26.2 Å². The molecule has 3 rings (SSSR count). The number of aliphatic hydroxyl groups is 1. The number of hydrogen-bond donors (Lipinski definition) is 4. The third-order valence-corrected chi connectivity index (χ3v) is 7.99. The standard InChI is InChI=1S/C32H48N4O4/c1-6-22(2)30-32(39)36(5)28(24(4)37)21-34-27(20-25-12-8-7-9-13-25)31(38)35-23(3)16-17-26-14-10-11-15-29(26)40-19-18-33-30/h7-15,22-24,27-28,30,33-34,37H,6,16-21H2,1-5H3,(H,35,38). The van der Waals surface area contributed by atoms with E-state index in [0.717, 1.165) is 36.1 Å². The summed E-state index contributed by atoms with van der Waals surface area (Å²) in [5, 5.41) is 20.7. The summed E-state index contributed by atoms with van der Waals surface area (Å²) in [7, 11) is 1.73. The quantitative estimate of drug-likeness (QED) is 0.455. The number of ether oxygens (including phenoxy) is 1. The Labute approximate surface area is 239 Å². The fourth-order valence-electron chi connectivity index (χ4n) is 5.17. The van der Waals surface area contributed by atoms with E-state index in [9.17, 15) is 14.7 Å². The summed E-state index contributed by atoms with van der Waals surface area (Å²) in [6.45, 7) is 9.06. The number of nitrogens with one attached hydrogen (secondary N) is 3. The first-order chi connectivity index (χ1) is 19.2.